The number of nitrogens with zero attached hydrogens (tertiary/aromatic N) is 2. The predicted octanol–water partition coefficient (Wildman–Crippen LogP) is 2.64. The Balaban J connectivity index is 1.79. The topological polar surface area (TPSA) is 47.0 Å². The van der Waals surface area contributed by atoms with E-state index in [2.05, 4.69) is 21.9 Å². The second-order valence-electron chi connectivity index (χ2n) is 4.50. The molecule has 1 aromatic carbocycles. The monoisotopic (exact) mass is 269 g/mol. The number of benzene rings is 1. The summed E-state index contributed by atoms with van der Waals surface area (Å²) in [5.41, 5.74) is 3.08. The predicted molar refractivity (Wildman–Crippen MR) is 79.4 cm³/mol. The van der Waals surface area contributed by atoms with Crippen molar-refractivity contribution in [3.63, 3.8) is 0 Å². The van der Waals surface area contributed by atoms with Gasteiger partial charge in [0.05, 0.1) is 11.4 Å². The molecule has 0 aliphatic heterocycles. The van der Waals surface area contributed by atoms with Crippen molar-refractivity contribution in [2.75, 3.05) is 6.61 Å². The number of ether oxygens (including phenoxy) is 1. The SMILES string of the molecule is C=CCOc1ccc(CNCc2cnc(C)cn2)cc1. The van der Waals surface area contributed by atoms with E-state index in [0.717, 1.165) is 23.7 Å². The molecule has 0 atom stereocenters. The number of hydrogen-bond acceptors (Lipinski definition) is 4. The fraction of sp³-hybridized carbons (Fsp3) is 0.250. The maximum atomic E-state index is 5.44. The van der Waals surface area contributed by atoms with Crippen molar-refractivity contribution >= 4 is 0 Å². The third-order valence-electron chi connectivity index (χ3n) is 2.76. The van der Waals surface area contributed by atoms with Crippen LogP contribution in [0.1, 0.15) is 17.0 Å². The van der Waals surface area contributed by atoms with Gasteiger partial charge in [0.1, 0.15) is 12.4 Å². The van der Waals surface area contributed by atoms with Gasteiger partial charge in [-0.15, -0.1) is 0 Å². The van der Waals surface area contributed by atoms with E-state index in [-0.39, 0.29) is 0 Å². The van der Waals surface area contributed by atoms with Crippen LogP contribution < -0.4 is 10.1 Å². The van der Waals surface area contributed by atoms with E-state index in [4.69, 9.17) is 4.74 Å². The second kappa shape index (κ2) is 7.40. The zero-order valence-electron chi connectivity index (χ0n) is 11.7. The Kier molecular flexibility index (Phi) is 5.26. The Labute approximate surface area is 119 Å². The summed E-state index contributed by atoms with van der Waals surface area (Å²) in [4.78, 5) is 8.52. The molecule has 1 N–H and O–H groups in total. The summed E-state index contributed by atoms with van der Waals surface area (Å²) in [6.45, 7) is 7.58. The van der Waals surface area contributed by atoms with Crippen molar-refractivity contribution in [1.29, 1.82) is 0 Å². The van der Waals surface area contributed by atoms with Crippen LogP contribution in [-0.2, 0) is 13.1 Å². The van der Waals surface area contributed by atoms with Crippen molar-refractivity contribution in [1.82, 2.24) is 15.3 Å². The van der Waals surface area contributed by atoms with E-state index in [1.807, 2.05) is 31.2 Å². The maximum Gasteiger partial charge on any atom is 0.119 e. The summed E-state index contributed by atoms with van der Waals surface area (Å²) in [6.07, 6.45) is 5.31. The minimum absolute atomic E-state index is 0.531. The van der Waals surface area contributed by atoms with Gasteiger partial charge in [-0.1, -0.05) is 24.8 Å². The lowest BCUT2D eigenvalue weighted by Crippen LogP contribution is -2.13. The molecule has 20 heavy (non-hydrogen) atoms. The first-order valence-electron chi connectivity index (χ1n) is 6.59. The Hall–Kier alpha value is -2.20. The molecule has 0 spiro atoms. The molecule has 0 amide bonds. The summed E-state index contributed by atoms with van der Waals surface area (Å²) >= 11 is 0. The van der Waals surface area contributed by atoms with Crippen LogP contribution in [-0.4, -0.2) is 16.6 Å². The first kappa shape index (κ1) is 14.2. The largest absolute Gasteiger partial charge is 0.490 e. The minimum atomic E-state index is 0.531. The minimum Gasteiger partial charge on any atom is -0.490 e. The average molecular weight is 269 g/mol. The Morgan fingerprint density at radius 1 is 1.15 bits per heavy atom. The van der Waals surface area contributed by atoms with E-state index in [1.54, 1.807) is 18.5 Å². The molecule has 4 heteroatoms. The normalized spacial score (nSPS) is 10.2. The van der Waals surface area contributed by atoms with E-state index < -0.39 is 0 Å². The van der Waals surface area contributed by atoms with Crippen LogP contribution in [0.2, 0.25) is 0 Å². The molecule has 4 nitrogen and oxygen atoms in total. The Morgan fingerprint density at radius 2 is 1.95 bits per heavy atom. The van der Waals surface area contributed by atoms with Gasteiger partial charge in [0, 0.05) is 25.5 Å². The van der Waals surface area contributed by atoms with E-state index in [1.165, 1.54) is 5.56 Å². The molecule has 2 rings (SSSR count). The molecule has 0 radical (unpaired) electrons. The van der Waals surface area contributed by atoms with Gasteiger partial charge in [0.2, 0.25) is 0 Å². The van der Waals surface area contributed by atoms with Crippen molar-refractivity contribution < 1.29 is 4.74 Å². The van der Waals surface area contributed by atoms with Gasteiger partial charge in [-0.2, -0.15) is 0 Å². The average Bonchev–Trinajstić information content (AvgIpc) is 2.48. The highest BCUT2D eigenvalue weighted by atomic mass is 16.5. The third-order valence-corrected chi connectivity index (χ3v) is 2.76. The quantitative estimate of drug-likeness (QED) is 0.785. The first-order valence-corrected chi connectivity index (χ1v) is 6.59. The molecular weight excluding hydrogens is 250 g/mol. The number of aromatic nitrogens is 2. The number of rotatable bonds is 7. The van der Waals surface area contributed by atoms with E-state index in [9.17, 15) is 0 Å². The van der Waals surface area contributed by atoms with E-state index in [0.29, 0.717) is 13.2 Å². The van der Waals surface area contributed by atoms with Crippen LogP contribution in [0.4, 0.5) is 0 Å². The lowest BCUT2D eigenvalue weighted by atomic mass is 10.2. The Bertz CT molecular complexity index is 535. The van der Waals surface area contributed by atoms with Crippen LogP contribution in [0.25, 0.3) is 0 Å². The summed E-state index contributed by atoms with van der Waals surface area (Å²) in [5, 5.41) is 3.34. The van der Waals surface area contributed by atoms with Gasteiger partial charge in [-0.3, -0.25) is 9.97 Å². The van der Waals surface area contributed by atoms with Crippen molar-refractivity contribution in [3.05, 3.63) is 66.3 Å². The molecule has 0 fully saturated rings. The highest BCUT2D eigenvalue weighted by Gasteiger charge is 1.97. The van der Waals surface area contributed by atoms with Crippen molar-refractivity contribution in [2.24, 2.45) is 0 Å². The molecule has 0 bridgehead atoms. The third kappa shape index (κ3) is 4.48. The number of hydrogen-bond donors (Lipinski definition) is 1. The number of nitrogens with one attached hydrogen (secondary N) is 1. The lowest BCUT2D eigenvalue weighted by Gasteiger charge is -2.06. The van der Waals surface area contributed by atoms with Crippen LogP contribution in [0.15, 0.2) is 49.3 Å². The van der Waals surface area contributed by atoms with Gasteiger partial charge in [0.15, 0.2) is 0 Å². The molecular formula is C16H19N3O. The van der Waals surface area contributed by atoms with Crippen LogP contribution in [0.5, 0.6) is 5.75 Å². The molecule has 1 aromatic heterocycles. The molecule has 2 aromatic rings. The highest BCUT2D eigenvalue weighted by molar-refractivity contribution is 5.27. The fourth-order valence-electron chi connectivity index (χ4n) is 1.70. The van der Waals surface area contributed by atoms with Gasteiger partial charge < -0.3 is 10.1 Å². The van der Waals surface area contributed by atoms with E-state index >= 15 is 0 Å². The van der Waals surface area contributed by atoms with Gasteiger partial charge in [-0.05, 0) is 24.6 Å². The molecule has 0 saturated carbocycles. The molecule has 104 valence electrons. The highest BCUT2D eigenvalue weighted by Crippen LogP contribution is 2.12. The molecule has 1 heterocycles. The van der Waals surface area contributed by atoms with Crippen LogP contribution >= 0.6 is 0 Å². The summed E-state index contributed by atoms with van der Waals surface area (Å²) in [7, 11) is 0. The van der Waals surface area contributed by atoms with Crippen LogP contribution in [0.3, 0.4) is 0 Å². The fourth-order valence-corrected chi connectivity index (χ4v) is 1.70. The number of aryl methyl sites for hydroxylation is 1. The summed E-state index contributed by atoms with van der Waals surface area (Å²) in [6, 6.07) is 8.02. The van der Waals surface area contributed by atoms with Gasteiger partial charge >= 0.3 is 0 Å². The van der Waals surface area contributed by atoms with Gasteiger partial charge in [-0.25, -0.2) is 0 Å². The summed E-state index contributed by atoms with van der Waals surface area (Å²) in [5.74, 6) is 0.859. The molecule has 0 unspecified atom stereocenters. The van der Waals surface area contributed by atoms with Gasteiger partial charge in [0.25, 0.3) is 0 Å². The zero-order valence-corrected chi connectivity index (χ0v) is 11.7. The Morgan fingerprint density at radius 3 is 2.60 bits per heavy atom. The molecule has 0 saturated heterocycles. The molecule has 0 aliphatic carbocycles. The molecule has 0 aliphatic rings. The van der Waals surface area contributed by atoms with Crippen molar-refractivity contribution in [3.8, 4) is 5.75 Å². The first-order chi connectivity index (χ1) is 9.78. The summed E-state index contributed by atoms with van der Waals surface area (Å²) < 4.78 is 5.44. The smallest absolute Gasteiger partial charge is 0.119 e. The lowest BCUT2D eigenvalue weighted by molar-refractivity contribution is 0.363. The van der Waals surface area contributed by atoms with Crippen molar-refractivity contribution in [2.45, 2.75) is 20.0 Å². The standard InChI is InChI=1S/C16H19N3O/c1-3-8-20-16-6-4-14(5-7-16)10-17-11-15-12-18-13(2)9-19-15/h3-7,9,12,17H,1,8,10-11H2,2H3. The zero-order chi connectivity index (χ0) is 14.2. The van der Waals surface area contributed by atoms with Crippen LogP contribution in [0, 0.1) is 6.92 Å². The maximum absolute atomic E-state index is 5.44. The second-order valence-corrected chi connectivity index (χ2v) is 4.50.